The first-order valence-electron chi connectivity index (χ1n) is 7.80. The number of nitrogens with two attached hydrogens (primary N) is 1. The van der Waals surface area contributed by atoms with Gasteiger partial charge in [0.05, 0.1) is 6.61 Å². The van der Waals surface area contributed by atoms with Gasteiger partial charge in [0.2, 0.25) is 5.91 Å². The second-order valence-electron chi connectivity index (χ2n) is 5.98. The molecule has 0 aromatic heterocycles. The summed E-state index contributed by atoms with van der Waals surface area (Å²) in [5.41, 5.74) is 5.34. The molecule has 1 fully saturated rings. The lowest BCUT2D eigenvalue weighted by Gasteiger charge is -2.21. The predicted octanol–water partition coefficient (Wildman–Crippen LogP) is 2.86. The molecule has 0 saturated carbocycles. The normalized spacial score (nSPS) is 20.3. The average Bonchev–Trinajstić information content (AvgIpc) is 2.80. The molecule has 1 aliphatic heterocycles. The molecule has 1 atom stereocenters. The van der Waals surface area contributed by atoms with Crippen molar-refractivity contribution in [2.24, 2.45) is 11.7 Å². The maximum atomic E-state index is 11.2. The highest BCUT2D eigenvalue weighted by atomic mass is 16.7. The summed E-state index contributed by atoms with van der Waals surface area (Å²) in [7, 11) is 0. The lowest BCUT2D eigenvalue weighted by atomic mass is 10.0. The second kappa shape index (κ2) is 9.32. The summed E-state index contributed by atoms with van der Waals surface area (Å²) in [5.74, 6) is 0.565. The number of unbranched alkanes of at least 4 members (excludes halogenated alkanes) is 4. The third kappa shape index (κ3) is 6.92. The SMILES string of the molecule is CC(C)CCCCCCCON1CCC[C@H]1C(N)=O. The molecule has 4 heteroatoms. The monoisotopic (exact) mass is 270 g/mol. The van der Waals surface area contributed by atoms with E-state index in [0.717, 1.165) is 31.7 Å². The number of primary amides is 1. The molecule has 1 amide bonds. The number of nitrogens with zero attached hydrogens (tertiary/aromatic N) is 1. The zero-order valence-electron chi connectivity index (χ0n) is 12.6. The van der Waals surface area contributed by atoms with Crippen LogP contribution in [0.2, 0.25) is 0 Å². The molecule has 0 spiro atoms. The molecular formula is C15H30N2O2. The number of hydrogen-bond acceptors (Lipinski definition) is 3. The third-order valence-corrected chi connectivity index (χ3v) is 3.72. The quantitative estimate of drug-likeness (QED) is 0.621. The highest BCUT2D eigenvalue weighted by molar-refractivity contribution is 5.79. The van der Waals surface area contributed by atoms with Gasteiger partial charge in [-0.15, -0.1) is 0 Å². The lowest BCUT2D eigenvalue weighted by Crippen LogP contribution is -2.40. The molecule has 1 aliphatic rings. The van der Waals surface area contributed by atoms with Gasteiger partial charge in [-0.3, -0.25) is 9.63 Å². The van der Waals surface area contributed by atoms with E-state index in [1.807, 2.05) is 0 Å². The van der Waals surface area contributed by atoms with Crippen molar-refractivity contribution < 1.29 is 9.63 Å². The van der Waals surface area contributed by atoms with Gasteiger partial charge in [-0.25, -0.2) is 0 Å². The van der Waals surface area contributed by atoms with Crippen molar-refractivity contribution in [3.05, 3.63) is 0 Å². The minimum atomic E-state index is -0.258. The van der Waals surface area contributed by atoms with Gasteiger partial charge in [-0.05, 0) is 25.2 Å². The smallest absolute Gasteiger partial charge is 0.237 e. The van der Waals surface area contributed by atoms with E-state index in [4.69, 9.17) is 10.6 Å². The third-order valence-electron chi connectivity index (χ3n) is 3.72. The summed E-state index contributed by atoms with van der Waals surface area (Å²) in [5, 5.41) is 1.78. The molecule has 0 aliphatic carbocycles. The van der Waals surface area contributed by atoms with Crippen molar-refractivity contribution in [2.75, 3.05) is 13.2 Å². The first-order valence-corrected chi connectivity index (χ1v) is 7.80. The zero-order chi connectivity index (χ0) is 14.1. The van der Waals surface area contributed by atoms with Crippen molar-refractivity contribution in [3.8, 4) is 0 Å². The second-order valence-corrected chi connectivity index (χ2v) is 5.98. The average molecular weight is 270 g/mol. The van der Waals surface area contributed by atoms with Crippen LogP contribution in [0.25, 0.3) is 0 Å². The van der Waals surface area contributed by atoms with Crippen LogP contribution in [0, 0.1) is 5.92 Å². The topological polar surface area (TPSA) is 55.6 Å². The summed E-state index contributed by atoms with van der Waals surface area (Å²) >= 11 is 0. The first kappa shape index (κ1) is 16.4. The Balaban J connectivity index is 1.94. The fourth-order valence-corrected chi connectivity index (χ4v) is 2.55. The standard InChI is InChI=1S/C15H30N2O2/c1-13(2)9-6-4-3-5-7-12-19-17-11-8-10-14(17)15(16)18/h13-14H,3-12H2,1-2H3,(H2,16,18)/t14-/m0/s1. The van der Waals surface area contributed by atoms with Gasteiger partial charge in [0.1, 0.15) is 6.04 Å². The highest BCUT2D eigenvalue weighted by Gasteiger charge is 2.29. The molecule has 2 N–H and O–H groups in total. The molecular weight excluding hydrogens is 240 g/mol. The number of carbonyl (C=O) groups is 1. The number of carbonyl (C=O) groups excluding carboxylic acids is 1. The molecule has 0 aromatic rings. The van der Waals surface area contributed by atoms with Crippen molar-refractivity contribution in [1.82, 2.24) is 5.06 Å². The fourth-order valence-electron chi connectivity index (χ4n) is 2.55. The first-order chi connectivity index (χ1) is 9.11. The molecule has 0 unspecified atom stereocenters. The van der Waals surface area contributed by atoms with Gasteiger partial charge in [-0.1, -0.05) is 46.0 Å². The predicted molar refractivity (Wildman–Crippen MR) is 77.4 cm³/mol. The van der Waals surface area contributed by atoms with E-state index in [-0.39, 0.29) is 11.9 Å². The summed E-state index contributed by atoms with van der Waals surface area (Å²) in [6, 6.07) is -0.203. The van der Waals surface area contributed by atoms with Crippen LogP contribution in [-0.4, -0.2) is 30.2 Å². The molecule has 19 heavy (non-hydrogen) atoms. The Morgan fingerprint density at radius 3 is 2.63 bits per heavy atom. The van der Waals surface area contributed by atoms with Crippen LogP contribution in [-0.2, 0) is 9.63 Å². The molecule has 0 bridgehead atoms. The molecule has 4 nitrogen and oxygen atoms in total. The van der Waals surface area contributed by atoms with Crippen LogP contribution >= 0.6 is 0 Å². The number of hydroxylamine groups is 2. The van der Waals surface area contributed by atoms with E-state index in [1.165, 1.54) is 32.1 Å². The molecule has 0 radical (unpaired) electrons. The Morgan fingerprint density at radius 2 is 1.95 bits per heavy atom. The lowest BCUT2D eigenvalue weighted by molar-refractivity contribution is -0.175. The molecule has 112 valence electrons. The van der Waals surface area contributed by atoms with Gasteiger partial charge in [0.15, 0.2) is 0 Å². The molecule has 0 aromatic carbocycles. The van der Waals surface area contributed by atoms with Crippen molar-refractivity contribution >= 4 is 5.91 Å². The van der Waals surface area contributed by atoms with Gasteiger partial charge in [0, 0.05) is 6.54 Å². The van der Waals surface area contributed by atoms with Gasteiger partial charge in [0.25, 0.3) is 0 Å². The Labute approximate surface area is 117 Å². The Hall–Kier alpha value is -0.610. The van der Waals surface area contributed by atoms with Crippen LogP contribution in [0.4, 0.5) is 0 Å². The largest absolute Gasteiger partial charge is 0.368 e. The van der Waals surface area contributed by atoms with Crippen molar-refractivity contribution in [3.63, 3.8) is 0 Å². The van der Waals surface area contributed by atoms with E-state index < -0.39 is 0 Å². The van der Waals surface area contributed by atoms with Crippen LogP contribution < -0.4 is 5.73 Å². The molecule has 1 rings (SSSR count). The van der Waals surface area contributed by atoms with Gasteiger partial charge < -0.3 is 5.73 Å². The molecule has 1 saturated heterocycles. The van der Waals surface area contributed by atoms with Crippen molar-refractivity contribution in [1.29, 1.82) is 0 Å². The van der Waals surface area contributed by atoms with E-state index in [9.17, 15) is 4.79 Å². The fraction of sp³-hybridized carbons (Fsp3) is 0.933. The maximum Gasteiger partial charge on any atom is 0.237 e. The van der Waals surface area contributed by atoms with E-state index in [2.05, 4.69) is 13.8 Å². The summed E-state index contributed by atoms with van der Waals surface area (Å²) < 4.78 is 0. The Morgan fingerprint density at radius 1 is 1.26 bits per heavy atom. The Kier molecular flexibility index (Phi) is 8.07. The van der Waals surface area contributed by atoms with Crippen LogP contribution in [0.1, 0.15) is 65.2 Å². The minimum Gasteiger partial charge on any atom is -0.368 e. The summed E-state index contributed by atoms with van der Waals surface area (Å²) in [4.78, 5) is 16.8. The van der Waals surface area contributed by atoms with E-state index >= 15 is 0 Å². The summed E-state index contributed by atoms with van der Waals surface area (Å²) in [6.07, 6.45) is 9.42. The van der Waals surface area contributed by atoms with Crippen LogP contribution in [0.15, 0.2) is 0 Å². The molecule has 1 heterocycles. The van der Waals surface area contributed by atoms with Gasteiger partial charge in [-0.2, -0.15) is 5.06 Å². The number of rotatable bonds is 10. The van der Waals surface area contributed by atoms with Gasteiger partial charge >= 0.3 is 0 Å². The zero-order valence-corrected chi connectivity index (χ0v) is 12.6. The van der Waals surface area contributed by atoms with E-state index in [1.54, 1.807) is 5.06 Å². The van der Waals surface area contributed by atoms with E-state index in [0.29, 0.717) is 6.61 Å². The Bertz CT molecular complexity index is 257. The van der Waals surface area contributed by atoms with Crippen LogP contribution in [0.5, 0.6) is 0 Å². The van der Waals surface area contributed by atoms with Crippen molar-refractivity contribution in [2.45, 2.75) is 71.3 Å². The maximum absolute atomic E-state index is 11.2. The number of amides is 1. The highest BCUT2D eigenvalue weighted by Crippen LogP contribution is 2.17. The summed E-state index contributed by atoms with van der Waals surface area (Å²) in [6.45, 7) is 6.11. The minimum absolute atomic E-state index is 0.203. The number of hydrogen-bond donors (Lipinski definition) is 1. The van der Waals surface area contributed by atoms with Crippen LogP contribution in [0.3, 0.4) is 0 Å².